The highest BCUT2D eigenvalue weighted by Gasteiger charge is 2.25. The van der Waals surface area contributed by atoms with E-state index in [1.165, 1.54) is 37.1 Å². The number of hydrogen-bond donors (Lipinski definition) is 2. The summed E-state index contributed by atoms with van der Waals surface area (Å²) in [6, 6.07) is 0.529. The van der Waals surface area contributed by atoms with Crippen LogP contribution in [-0.4, -0.2) is 53.7 Å². The van der Waals surface area contributed by atoms with E-state index in [1.807, 2.05) is 6.08 Å². The first-order valence-electron chi connectivity index (χ1n) is 11.0. The Bertz CT molecular complexity index is 614. The van der Waals surface area contributed by atoms with E-state index in [9.17, 15) is 5.11 Å². The Morgan fingerprint density at radius 2 is 1.93 bits per heavy atom. The zero-order valence-corrected chi connectivity index (χ0v) is 18.2. The fraction of sp³-hybridized carbons (Fsp3) is 0.667. The van der Waals surface area contributed by atoms with Gasteiger partial charge in [0.1, 0.15) is 0 Å². The van der Waals surface area contributed by atoms with Gasteiger partial charge in [0.15, 0.2) is 0 Å². The van der Waals surface area contributed by atoms with Crippen molar-refractivity contribution in [1.82, 2.24) is 10.2 Å². The standard InChI is InChI=1S/C24H37ClN2O/c1-18(2)24(26-14-11-19-3-9-23(28)10-4-19)17-27-15-12-21(13-16-27)20-5-7-22(25)8-6-20/h3-7,9,18,21-24,26,28H,8,10-17H2,1-2H3/t22?,23?,24-/m0/s1. The van der Waals surface area contributed by atoms with Gasteiger partial charge in [0.05, 0.1) is 11.5 Å². The molecule has 2 aliphatic carbocycles. The molecule has 0 aromatic heterocycles. The summed E-state index contributed by atoms with van der Waals surface area (Å²) < 4.78 is 0. The first-order chi connectivity index (χ1) is 13.5. The summed E-state index contributed by atoms with van der Waals surface area (Å²) in [5.41, 5.74) is 2.85. The molecule has 1 saturated heterocycles. The number of halogens is 1. The van der Waals surface area contributed by atoms with Gasteiger partial charge in [-0.15, -0.1) is 11.6 Å². The first-order valence-corrected chi connectivity index (χ1v) is 11.5. The normalized spacial score (nSPS) is 27.8. The maximum atomic E-state index is 9.54. The van der Waals surface area contributed by atoms with E-state index in [2.05, 4.69) is 54.4 Å². The summed E-state index contributed by atoms with van der Waals surface area (Å²) in [5.74, 6) is 1.34. The van der Waals surface area contributed by atoms with Gasteiger partial charge in [-0.05, 0) is 69.1 Å². The first kappa shape index (κ1) is 21.8. The lowest BCUT2D eigenvalue weighted by Crippen LogP contribution is -2.47. The predicted molar refractivity (Wildman–Crippen MR) is 120 cm³/mol. The van der Waals surface area contributed by atoms with Crippen LogP contribution in [0.25, 0.3) is 0 Å². The Labute approximate surface area is 176 Å². The highest BCUT2D eigenvalue weighted by molar-refractivity contribution is 6.22. The highest BCUT2D eigenvalue weighted by atomic mass is 35.5. The van der Waals surface area contributed by atoms with E-state index in [-0.39, 0.29) is 11.5 Å². The Morgan fingerprint density at radius 3 is 2.54 bits per heavy atom. The largest absolute Gasteiger partial charge is 0.389 e. The summed E-state index contributed by atoms with van der Waals surface area (Å²) in [6.07, 6.45) is 17.9. The summed E-state index contributed by atoms with van der Waals surface area (Å²) >= 11 is 6.16. The minimum absolute atomic E-state index is 0.187. The van der Waals surface area contributed by atoms with Crippen molar-refractivity contribution in [3.8, 4) is 0 Å². The molecule has 0 spiro atoms. The fourth-order valence-electron chi connectivity index (χ4n) is 4.39. The minimum atomic E-state index is -0.292. The highest BCUT2D eigenvalue weighted by Crippen LogP contribution is 2.29. The van der Waals surface area contributed by atoms with Gasteiger partial charge in [0, 0.05) is 12.6 Å². The molecule has 2 N–H and O–H groups in total. The van der Waals surface area contributed by atoms with Crippen LogP contribution in [0.2, 0.25) is 0 Å². The van der Waals surface area contributed by atoms with Crippen LogP contribution in [-0.2, 0) is 0 Å². The molecule has 0 amide bonds. The molecule has 28 heavy (non-hydrogen) atoms. The second-order valence-corrected chi connectivity index (χ2v) is 9.45. The molecule has 0 aromatic carbocycles. The molecule has 3 aliphatic rings. The smallest absolute Gasteiger partial charge is 0.0758 e. The molecule has 0 radical (unpaired) electrons. The third kappa shape index (κ3) is 6.59. The van der Waals surface area contributed by atoms with Crippen LogP contribution in [0.1, 0.15) is 46.0 Å². The minimum Gasteiger partial charge on any atom is -0.389 e. The van der Waals surface area contributed by atoms with Gasteiger partial charge < -0.3 is 15.3 Å². The maximum absolute atomic E-state index is 9.54. The predicted octanol–water partition coefficient (Wildman–Crippen LogP) is 4.44. The molecule has 4 heteroatoms. The van der Waals surface area contributed by atoms with Crippen molar-refractivity contribution in [3.63, 3.8) is 0 Å². The second kappa shape index (κ2) is 10.8. The van der Waals surface area contributed by atoms with Crippen molar-refractivity contribution in [1.29, 1.82) is 0 Å². The molecule has 1 heterocycles. The van der Waals surface area contributed by atoms with Crippen molar-refractivity contribution >= 4 is 11.6 Å². The summed E-state index contributed by atoms with van der Waals surface area (Å²) in [5, 5.41) is 13.5. The number of aliphatic hydroxyl groups is 1. The molecular formula is C24H37ClN2O. The third-order valence-electron chi connectivity index (χ3n) is 6.37. The van der Waals surface area contributed by atoms with Gasteiger partial charge >= 0.3 is 0 Å². The average Bonchev–Trinajstić information content (AvgIpc) is 2.70. The van der Waals surface area contributed by atoms with Crippen LogP contribution in [0.3, 0.4) is 0 Å². The summed E-state index contributed by atoms with van der Waals surface area (Å²) in [7, 11) is 0. The van der Waals surface area contributed by atoms with Crippen molar-refractivity contribution in [2.75, 3.05) is 26.2 Å². The molecule has 1 fully saturated rings. The number of alkyl halides is 1. The number of aliphatic hydroxyl groups excluding tert-OH is 1. The molecular weight excluding hydrogens is 368 g/mol. The van der Waals surface area contributed by atoms with Gasteiger partial charge in [0.2, 0.25) is 0 Å². The number of nitrogens with one attached hydrogen (secondary N) is 1. The Hall–Kier alpha value is -0.870. The van der Waals surface area contributed by atoms with Crippen molar-refractivity contribution in [2.45, 2.75) is 63.5 Å². The van der Waals surface area contributed by atoms with E-state index < -0.39 is 0 Å². The molecule has 3 nitrogen and oxygen atoms in total. The number of nitrogens with zero attached hydrogens (tertiary/aromatic N) is 1. The zero-order chi connectivity index (χ0) is 19.9. The number of rotatable bonds is 8. The van der Waals surface area contributed by atoms with E-state index in [1.54, 1.807) is 0 Å². The lowest BCUT2D eigenvalue weighted by molar-refractivity contribution is 0.167. The number of hydrogen-bond acceptors (Lipinski definition) is 3. The molecule has 3 rings (SSSR count). The monoisotopic (exact) mass is 404 g/mol. The van der Waals surface area contributed by atoms with Crippen molar-refractivity contribution < 1.29 is 5.11 Å². The fourth-order valence-corrected chi connectivity index (χ4v) is 4.55. The van der Waals surface area contributed by atoms with Crippen LogP contribution in [0.4, 0.5) is 0 Å². The Morgan fingerprint density at radius 1 is 1.14 bits per heavy atom. The maximum Gasteiger partial charge on any atom is 0.0758 e. The summed E-state index contributed by atoms with van der Waals surface area (Å²) in [6.45, 7) is 9.16. The molecule has 0 aromatic rings. The third-order valence-corrected chi connectivity index (χ3v) is 6.69. The number of allylic oxidation sites excluding steroid dienone is 5. The zero-order valence-electron chi connectivity index (χ0n) is 17.5. The average molecular weight is 405 g/mol. The number of likely N-dealkylation sites (tertiary alicyclic amines) is 1. The molecule has 2 unspecified atom stereocenters. The van der Waals surface area contributed by atoms with Crippen molar-refractivity contribution in [3.05, 3.63) is 47.6 Å². The van der Waals surface area contributed by atoms with E-state index in [0.29, 0.717) is 17.9 Å². The Balaban J connectivity index is 1.40. The van der Waals surface area contributed by atoms with Crippen LogP contribution in [0.5, 0.6) is 0 Å². The van der Waals surface area contributed by atoms with Gasteiger partial charge in [-0.25, -0.2) is 0 Å². The SMILES string of the molecule is CC(C)[C@H](CN1CCC(C2=CCC(Cl)C=C2)CC1)NCCC1=CCC(O)C=C1. The second-order valence-electron chi connectivity index (χ2n) is 8.89. The van der Waals surface area contributed by atoms with E-state index in [0.717, 1.165) is 32.4 Å². The van der Waals surface area contributed by atoms with Crippen LogP contribution in [0.15, 0.2) is 47.6 Å². The van der Waals surface area contributed by atoms with Crippen molar-refractivity contribution in [2.24, 2.45) is 11.8 Å². The van der Waals surface area contributed by atoms with Crippen LogP contribution >= 0.6 is 11.6 Å². The molecule has 156 valence electrons. The van der Waals surface area contributed by atoms with E-state index in [4.69, 9.17) is 11.6 Å². The Kier molecular flexibility index (Phi) is 8.40. The van der Waals surface area contributed by atoms with Gasteiger partial charge in [-0.3, -0.25) is 0 Å². The summed E-state index contributed by atoms with van der Waals surface area (Å²) in [4.78, 5) is 2.64. The molecule has 0 bridgehead atoms. The molecule has 0 saturated carbocycles. The van der Waals surface area contributed by atoms with Crippen LogP contribution < -0.4 is 5.32 Å². The van der Waals surface area contributed by atoms with Gasteiger partial charge in [-0.1, -0.05) is 55.9 Å². The lowest BCUT2D eigenvalue weighted by Gasteiger charge is -2.36. The lowest BCUT2D eigenvalue weighted by atomic mass is 9.86. The van der Waals surface area contributed by atoms with Gasteiger partial charge in [0.25, 0.3) is 0 Å². The number of piperidine rings is 1. The van der Waals surface area contributed by atoms with E-state index >= 15 is 0 Å². The molecule has 1 aliphatic heterocycles. The van der Waals surface area contributed by atoms with Crippen LogP contribution in [0, 0.1) is 11.8 Å². The van der Waals surface area contributed by atoms with Gasteiger partial charge in [-0.2, -0.15) is 0 Å². The quantitative estimate of drug-likeness (QED) is 0.587. The topological polar surface area (TPSA) is 35.5 Å². The molecule has 3 atom stereocenters.